The molecule has 4 aromatic rings. The molecular weight excluding hydrogens is 446 g/mol. The molecule has 5 heteroatoms. The van der Waals surface area contributed by atoms with Gasteiger partial charge < -0.3 is 14.2 Å². The highest BCUT2D eigenvalue weighted by Gasteiger charge is 2.33. The van der Waals surface area contributed by atoms with E-state index in [4.69, 9.17) is 9.72 Å². The van der Waals surface area contributed by atoms with E-state index in [2.05, 4.69) is 47.5 Å². The molecule has 0 radical (unpaired) electrons. The van der Waals surface area contributed by atoms with Crippen LogP contribution in [0.2, 0.25) is 0 Å². The molecule has 36 heavy (non-hydrogen) atoms. The minimum absolute atomic E-state index is 0.107. The molecule has 0 saturated carbocycles. The van der Waals surface area contributed by atoms with Crippen LogP contribution in [0.25, 0.3) is 11.0 Å². The zero-order chi connectivity index (χ0) is 24.7. The van der Waals surface area contributed by atoms with Crippen molar-refractivity contribution in [2.75, 3.05) is 13.2 Å². The minimum atomic E-state index is 0.107. The van der Waals surface area contributed by atoms with E-state index in [0.717, 1.165) is 54.0 Å². The quantitative estimate of drug-likeness (QED) is 0.192. The first kappa shape index (κ1) is 23.9. The number of hydrogen-bond donors (Lipinski definition) is 0. The average Bonchev–Trinajstić information content (AvgIpc) is 3.45. The molecule has 1 fully saturated rings. The lowest BCUT2D eigenvalue weighted by atomic mass is 10.1. The molecule has 1 aromatic heterocycles. The van der Waals surface area contributed by atoms with E-state index < -0.39 is 0 Å². The summed E-state index contributed by atoms with van der Waals surface area (Å²) in [4.78, 5) is 19.8. The summed E-state index contributed by atoms with van der Waals surface area (Å²) in [6.45, 7) is 6.73. The highest BCUT2D eigenvalue weighted by atomic mass is 16.5. The van der Waals surface area contributed by atoms with Gasteiger partial charge in [0.25, 0.3) is 0 Å². The third-order valence-electron chi connectivity index (χ3n) is 6.85. The lowest BCUT2D eigenvalue weighted by molar-refractivity contribution is -0.128. The summed E-state index contributed by atoms with van der Waals surface area (Å²) in [5.74, 6) is 2.27. The Morgan fingerprint density at radius 2 is 1.75 bits per heavy atom. The summed E-state index contributed by atoms with van der Waals surface area (Å²) in [5.41, 5.74) is 4.46. The van der Waals surface area contributed by atoms with Gasteiger partial charge in [-0.25, -0.2) is 4.98 Å². The van der Waals surface area contributed by atoms with E-state index in [1.807, 2.05) is 53.4 Å². The molecule has 184 valence electrons. The molecule has 1 amide bonds. The van der Waals surface area contributed by atoms with Gasteiger partial charge in [0.2, 0.25) is 5.91 Å². The molecule has 5 nitrogen and oxygen atoms in total. The van der Waals surface area contributed by atoms with Crippen molar-refractivity contribution in [3.8, 4) is 5.75 Å². The molecule has 0 N–H and O–H groups in total. The topological polar surface area (TPSA) is 47.4 Å². The standard InChI is InChI=1S/C31H33N3O2/c1-2-12-25-15-6-9-18-29(25)36-20-11-10-19-34-28-17-8-7-16-27(28)32-31(34)26-21-30(35)33(23-26)22-24-13-4-3-5-14-24/h2-9,13-18,26H,1,10-12,19-23H2. The zero-order valence-electron chi connectivity index (χ0n) is 20.7. The van der Waals surface area contributed by atoms with Crippen molar-refractivity contribution in [3.63, 3.8) is 0 Å². The molecule has 1 unspecified atom stereocenters. The third kappa shape index (κ3) is 5.35. The fourth-order valence-electron chi connectivity index (χ4n) is 5.07. The van der Waals surface area contributed by atoms with Gasteiger partial charge in [0.1, 0.15) is 11.6 Å². The van der Waals surface area contributed by atoms with Crippen LogP contribution in [0.5, 0.6) is 5.75 Å². The second-order valence-electron chi connectivity index (χ2n) is 9.43. The monoisotopic (exact) mass is 479 g/mol. The van der Waals surface area contributed by atoms with Gasteiger partial charge in [-0.05, 0) is 48.6 Å². The van der Waals surface area contributed by atoms with Crippen LogP contribution in [0, 0.1) is 0 Å². The molecule has 3 aromatic carbocycles. The number of para-hydroxylation sites is 3. The minimum Gasteiger partial charge on any atom is -0.493 e. The van der Waals surface area contributed by atoms with E-state index in [9.17, 15) is 4.79 Å². The molecule has 1 aliphatic heterocycles. The van der Waals surface area contributed by atoms with E-state index in [-0.39, 0.29) is 11.8 Å². The first-order chi connectivity index (χ1) is 17.7. The Bertz CT molecular complexity index is 1330. The third-order valence-corrected chi connectivity index (χ3v) is 6.85. The van der Waals surface area contributed by atoms with Gasteiger partial charge in [0.05, 0.1) is 17.6 Å². The molecule has 1 saturated heterocycles. The number of carbonyl (C=O) groups is 1. The van der Waals surface area contributed by atoms with Gasteiger partial charge in [-0.15, -0.1) is 6.58 Å². The number of amides is 1. The largest absolute Gasteiger partial charge is 0.493 e. The number of imidazole rings is 1. The summed E-state index contributed by atoms with van der Waals surface area (Å²) in [6, 6.07) is 26.6. The van der Waals surface area contributed by atoms with Crippen LogP contribution < -0.4 is 4.74 Å². The van der Waals surface area contributed by atoms with E-state index in [1.54, 1.807) is 0 Å². The molecule has 5 rings (SSSR count). The number of aryl methyl sites for hydroxylation is 1. The van der Waals surface area contributed by atoms with Crippen LogP contribution in [-0.4, -0.2) is 33.5 Å². The predicted octanol–water partition coefficient (Wildman–Crippen LogP) is 6.14. The molecular formula is C31H33N3O2. The maximum Gasteiger partial charge on any atom is 0.223 e. The molecule has 0 spiro atoms. The highest BCUT2D eigenvalue weighted by molar-refractivity contribution is 5.81. The second kappa shape index (κ2) is 11.3. The summed E-state index contributed by atoms with van der Waals surface area (Å²) < 4.78 is 8.41. The Kier molecular flexibility index (Phi) is 7.46. The second-order valence-corrected chi connectivity index (χ2v) is 9.43. The van der Waals surface area contributed by atoms with Crippen LogP contribution in [-0.2, 0) is 24.3 Å². The normalized spacial score (nSPS) is 15.5. The number of likely N-dealkylation sites (tertiary alicyclic amines) is 1. The number of rotatable bonds is 11. The van der Waals surface area contributed by atoms with Crippen molar-refractivity contribution in [3.05, 3.63) is 108 Å². The van der Waals surface area contributed by atoms with Gasteiger partial charge in [-0.1, -0.05) is 66.7 Å². The number of allylic oxidation sites excluding steroid dienone is 1. The van der Waals surface area contributed by atoms with Crippen molar-refractivity contribution in [2.24, 2.45) is 0 Å². The van der Waals surface area contributed by atoms with E-state index >= 15 is 0 Å². The van der Waals surface area contributed by atoms with Crippen molar-refractivity contribution < 1.29 is 9.53 Å². The number of carbonyl (C=O) groups excluding carboxylic acids is 1. The summed E-state index contributed by atoms with van der Waals surface area (Å²) in [7, 11) is 0. The van der Waals surface area contributed by atoms with Gasteiger partial charge in [0, 0.05) is 32.0 Å². The van der Waals surface area contributed by atoms with Crippen molar-refractivity contribution in [1.82, 2.24) is 14.5 Å². The SMILES string of the molecule is C=CCc1ccccc1OCCCCn1c(C2CC(=O)N(Cc3ccccc3)C2)nc2ccccc21. The number of aromatic nitrogens is 2. The summed E-state index contributed by atoms with van der Waals surface area (Å²) in [6.07, 6.45) is 5.15. The smallest absolute Gasteiger partial charge is 0.223 e. The highest BCUT2D eigenvalue weighted by Crippen LogP contribution is 2.31. The lowest BCUT2D eigenvalue weighted by Gasteiger charge is -2.17. The first-order valence-corrected chi connectivity index (χ1v) is 12.8. The number of hydrogen-bond acceptors (Lipinski definition) is 3. The zero-order valence-corrected chi connectivity index (χ0v) is 20.7. The van der Waals surface area contributed by atoms with Gasteiger partial charge in [0.15, 0.2) is 0 Å². The Hall–Kier alpha value is -3.86. The van der Waals surface area contributed by atoms with Crippen LogP contribution in [0.1, 0.15) is 42.1 Å². The fourth-order valence-corrected chi connectivity index (χ4v) is 5.07. The maximum absolute atomic E-state index is 12.9. The summed E-state index contributed by atoms with van der Waals surface area (Å²) in [5, 5.41) is 0. The summed E-state index contributed by atoms with van der Waals surface area (Å²) >= 11 is 0. The van der Waals surface area contributed by atoms with Crippen LogP contribution in [0.15, 0.2) is 91.5 Å². The average molecular weight is 480 g/mol. The Morgan fingerprint density at radius 1 is 0.972 bits per heavy atom. The predicted molar refractivity (Wildman–Crippen MR) is 144 cm³/mol. The van der Waals surface area contributed by atoms with Crippen LogP contribution in [0.4, 0.5) is 0 Å². The molecule has 1 atom stereocenters. The number of unbranched alkanes of at least 4 members (excludes halogenated alkanes) is 1. The number of ether oxygens (including phenoxy) is 1. The number of benzene rings is 3. The van der Waals surface area contributed by atoms with Crippen LogP contribution in [0.3, 0.4) is 0 Å². The van der Waals surface area contributed by atoms with Gasteiger partial charge in [-0.3, -0.25) is 4.79 Å². The van der Waals surface area contributed by atoms with E-state index in [0.29, 0.717) is 26.1 Å². The Morgan fingerprint density at radius 3 is 2.61 bits per heavy atom. The van der Waals surface area contributed by atoms with Crippen LogP contribution >= 0.6 is 0 Å². The lowest BCUT2D eigenvalue weighted by Crippen LogP contribution is -2.24. The first-order valence-electron chi connectivity index (χ1n) is 12.8. The number of fused-ring (bicyclic) bond motifs is 1. The van der Waals surface area contributed by atoms with Crippen molar-refractivity contribution in [2.45, 2.75) is 44.7 Å². The van der Waals surface area contributed by atoms with Crippen molar-refractivity contribution >= 4 is 16.9 Å². The number of nitrogens with zero attached hydrogens (tertiary/aromatic N) is 3. The molecule has 0 aliphatic carbocycles. The Balaban J connectivity index is 1.25. The van der Waals surface area contributed by atoms with Gasteiger partial charge >= 0.3 is 0 Å². The molecule has 0 bridgehead atoms. The Labute approximate surface area is 213 Å². The maximum atomic E-state index is 12.9. The molecule has 2 heterocycles. The fraction of sp³-hybridized carbons (Fsp3) is 0.290. The van der Waals surface area contributed by atoms with Gasteiger partial charge in [-0.2, -0.15) is 0 Å². The van der Waals surface area contributed by atoms with E-state index in [1.165, 1.54) is 5.56 Å². The molecule has 1 aliphatic rings. The van der Waals surface area contributed by atoms with Crippen molar-refractivity contribution in [1.29, 1.82) is 0 Å².